The smallest absolute Gasteiger partial charge is 0.407 e. The third kappa shape index (κ3) is 9.79. The second kappa shape index (κ2) is 16.8. The Morgan fingerprint density at radius 1 is 0.938 bits per heavy atom. The van der Waals surface area contributed by atoms with Gasteiger partial charge in [-0.1, -0.05) is 48.5 Å². The van der Waals surface area contributed by atoms with Crippen molar-refractivity contribution in [2.75, 3.05) is 31.6 Å². The number of nitrogens with zero attached hydrogens (tertiary/aromatic N) is 1. The molecule has 1 aromatic heterocycles. The first-order valence-electron chi connectivity index (χ1n) is 15.8. The molecule has 2 heterocycles. The number of benzene rings is 3. The summed E-state index contributed by atoms with van der Waals surface area (Å²) in [4.78, 5) is 28.6. The van der Waals surface area contributed by atoms with Crippen molar-refractivity contribution in [2.45, 2.75) is 43.9 Å². The number of ether oxygens (including phenoxy) is 2. The monoisotopic (exact) mass is 661 g/mol. The zero-order chi connectivity index (χ0) is 33.9. The van der Waals surface area contributed by atoms with E-state index in [4.69, 9.17) is 15.2 Å². The topological polar surface area (TPSA) is 128 Å². The lowest BCUT2D eigenvalue weighted by atomic mass is 9.98. The zero-order valence-electron chi connectivity index (χ0n) is 26.3. The van der Waals surface area contributed by atoms with Crippen LogP contribution >= 0.6 is 0 Å². The predicted octanol–water partition coefficient (Wildman–Crippen LogP) is 4.93. The molecular formula is C36H38F3N5O4. The molecule has 12 heteroatoms. The average Bonchev–Trinajstić information content (AvgIpc) is 3.08. The van der Waals surface area contributed by atoms with E-state index < -0.39 is 35.5 Å². The number of amides is 2. The molecule has 252 valence electrons. The number of nitrogens with one attached hydrogen (secondary N) is 3. The summed E-state index contributed by atoms with van der Waals surface area (Å²) in [6.07, 6.45) is 2.79. The number of carbonyl (C=O) groups is 2. The van der Waals surface area contributed by atoms with Crippen LogP contribution in [0.25, 0.3) is 11.1 Å². The lowest BCUT2D eigenvalue weighted by Crippen LogP contribution is -2.47. The first-order valence-corrected chi connectivity index (χ1v) is 15.8. The molecule has 0 aliphatic carbocycles. The van der Waals surface area contributed by atoms with Crippen molar-refractivity contribution in [3.63, 3.8) is 0 Å². The minimum atomic E-state index is -0.966. The second-order valence-electron chi connectivity index (χ2n) is 11.6. The van der Waals surface area contributed by atoms with Crippen LogP contribution < -0.4 is 21.7 Å². The number of rotatable bonds is 14. The summed E-state index contributed by atoms with van der Waals surface area (Å²) in [7, 11) is 0. The molecule has 1 aliphatic rings. The third-order valence-corrected chi connectivity index (χ3v) is 8.08. The second-order valence-corrected chi connectivity index (χ2v) is 11.6. The van der Waals surface area contributed by atoms with E-state index in [1.807, 2.05) is 30.3 Å². The lowest BCUT2D eigenvalue weighted by Gasteiger charge is -2.31. The Bertz CT molecular complexity index is 1680. The first-order chi connectivity index (χ1) is 23.2. The molecule has 1 saturated heterocycles. The Hall–Kier alpha value is -4.94. The molecule has 9 nitrogen and oxygen atoms in total. The minimum Gasteiger partial charge on any atom is -0.447 e. The maximum Gasteiger partial charge on any atom is 0.407 e. The summed E-state index contributed by atoms with van der Waals surface area (Å²) in [5, 5.41) is 9.04. The summed E-state index contributed by atoms with van der Waals surface area (Å²) >= 11 is 0. The Morgan fingerprint density at radius 2 is 1.71 bits per heavy atom. The van der Waals surface area contributed by atoms with Crippen molar-refractivity contribution in [3.05, 3.63) is 119 Å². The van der Waals surface area contributed by atoms with Gasteiger partial charge in [-0.25, -0.2) is 18.0 Å². The maximum absolute atomic E-state index is 15.1. The zero-order valence-corrected chi connectivity index (χ0v) is 26.3. The van der Waals surface area contributed by atoms with Gasteiger partial charge in [0, 0.05) is 37.2 Å². The summed E-state index contributed by atoms with van der Waals surface area (Å²) in [5.74, 6) is -2.19. The summed E-state index contributed by atoms with van der Waals surface area (Å²) in [5.41, 5.74) is 8.77. The van der Waals surface area contributed by atoms with Crippen LogP contribution in [0.1, 0.15) is 23.1 Å². The van der Waals surface area contributed by atoms with E-state index >= 15 is 4.39 Å². The van der Waals surface area contributed by atoms with Crippen LogP contribution in [0.4, 0.5) is 23.7 Å². The van der Waals surface area contributed by atoms with Crippen molar-refractivity contribution in [2.24, 2.45) is 5.73 Å². The number of halogens is 3. The van der Waals surface area contributed by atoms with Crippen molar-refractivity contribution in [1.29, 1.82) is 0 Å². The average molecular weight is 662 g/mol. The number of anilines is 1. The number of nitrogens with two attached hydrogens (primary N) is 1. The Kier molecular flexibility index (Phi) is 12.0. The molecule has 0 bridgehead atoms. The predicted molar refractivity (Wildman–Crippen MR) is 176 cm³/mol. The first kappa shape index (κ1) is 34.4. The maximum atomic E-state index is 15.1. The molecule has 5 N–H and O–H groups in total. The van der Waals surface area contributed by atoms with E-state index in [-0.39, 0.29) is 37.2 Å². The Labute approximate surface area is 277 Å². The SMILES string of the molecule is NC(=O)[C@H](Cc1ccc(F)c(-c2ccc(F)cc2)c1)Nc1cncc(F)c1CC[C@@H]1CNC[C@@H](COC(=O)NCCc2ccccc2)O1. The van der Waals surface area contributed by atoms with Crippen molar-refractivity contribution in [1.82, 2.24) is 15.6 Å². The minimum absolute atomic E-state index is 0.0592. The highest BCUT2D eigenvalue weighted by molar-refractivity contribution is 5.83. The lowest BCUT2D eigenvalue weighted by molar-refractivity contribution is -0.118. The molecule has 1 fully saturated rings. The molecule has 0 spiro atoms. The number of alkyl carbamates (subject to hydrolysis) is 1. The van der Waals surface area contributed by atoms with E-state index in [1.165, 1.54) is 42.6 Å². The summed E-state index contributed by atoms with van der Waals surface area (Å²) in [6.45, 7) is 1.53. The van der Waals surface area contributed by atoms with Crippen LogP contribution in [0.2, 0.25) is 0 Å². The Balaban J connectivity index is 1.15. The van der Waals surface area contributed by atoms with Crippen molar-refractivity contribution < 1.29 is 32.2 Å². The number of pyridine rings is 1. The number of hydrogen-bond donors (Lipinski definition) is 4. The molecule has 0 unspecified atom stereocenters. The van der Waals surface area contributed by atoms with Gasteiger partial charge in [0.2, 0.25) is 5.91 Å². The molecule has 0 saturated carbocycles. The Morgan fingerprint density at radius 3 is 2.48 bits per heavy atom. The number of primary amides is 1. The quantitative estimate of drug-likeness (QED) is 0.151. The van der Waals surface area contributed by atoms with Gasteiger partial charge < -0.3 is 31.2 Å². The molecule has 0 radical (unpaired) electrons. The summed E-state index contributed by atoms with van der Waals surface area (Å²) in [6, 6.07) is 18.6. The van der Waals surface area contributed by atoms with Gasteiger partial charge >= 0.3 is 6.09 Å². The molecular weight excluding hydrogens is 623 g/mol. The highest BCUT2D eigenvalue weighted by Crippen LogP contribution is 2.27. The standard InChI is InChI=1S/C36H38F3N5O4/c37-26-9-7-25(8-10-26)30-16-24(6-13-31(30)38)17-33(35(40)45)44-34-21-42-20-32(39)29(34)12-11-27-18-41-19-28(48-27)22-47-36(46)43-15-14-23-4-2-1-3-5-23/h1-10,13,16,20-21,27-28,33,41,44H,11-12,14-15,17-19,22H2,(H2,40,45)(H,43,46)/t27-,28+,33+/m1/s1. The number of aromatic nitrogens is 1. The molecule has 3 aromatic carbocycles. The van der Waals surface area contributed by atoms with Crippen molar-refractivity contribution in [3.8, 4) is 11.1 Å². The van der Waals surface area contributed by atoms with Crippen LogP contribution in [0.15, 0.2) is 85.2 Å². The van der Waals surface area contributed by atoms with Crippen LogP contribution in [-0.4, -0.2) is 61.5 Å². The van der Waals surface area contributed by atoms with E-state index in [9.17, 15) is 18.4 Å². The fourth-order valence-corrected chi connectivity index (χ4v) is 5.56. The fraction of sp³-hybridized carbons (Fsp3) is 0.306. The molecule has 4 aromatic rings. The number of carbonyl (C=O) groups excluding carboxylic acids is 2. The van der Waals surface area contributed by atoms with Gasteiger partial charge in [-0.3, -0.25) is 9.78 Å². The molecule has 3 atom stereocenters. The normalized spacial score (nSPS) is 16.6. The fourth-order valence-electron chi connectivity index (χ4n) is 5.56. The van der Waals surface area contributed by atoms with E-state index in [0.717, 1.165) is 11.8 Å². The van der Waals surface area contributed by atoms with Gasteiger partial charge in [-0.15, -0.1) is 0 Å². The molecule has 2 amide bonds. The van der Waals surface area contributed by atoms with Crippen molar-refractivity contribution >= 4 is 17.7 Å². The largest absolute Gasteiger partial charge is 0.447 e. The van der Waals surface area contributed by atoms with Crippen LogP contribution in [-0.2, 0) is 33.5 Å². The van der Waals surface area contributed by atoms with E-state index in [2.05, 4.69) is 20.9 Å². The van der Waals surface area contributed by atoms with Crippen LogP contribution in [0, 0.1) is 17.5 Å². The van der Waals surface area contributed by atoms with Gasteiger partial charge in [0.25, 0.3) is 0 Å². The number of morpholine rings is 1. The molecule has 48 heavy (non-hydrogen) atoms. The van der Waals surface area contributed by atoms with Gasteiger partial charge in [-0.05, 0) is 60.2 Å². The molecule has 1 aliphatic heterocycles. The van der Waals surface area contributed by atoms with Gasteiger partial charge in [0.15, 0.2) is 0 Å². The van der Waals surface area contributed by atoms with Gasteiger partial charge in [-0.2, -0.15) is 0 Å². The van der Waals surface area contributed by atoms with Crippen LogP contribution in [0.3, 0.4) is 0 Å². The van der Waals surface area contributed by atoms with Gasteiger partial charge in [0.1, 0.15) is 36.2 Å². The third-order valence-electron chi connectivity index (χ3n) is 8.08. The van der Waals surface area contributed by atoms with E-state index in [0.29, 0.717) is 54.9 Å². The number of hydrogen-bond acceptors (Lipinski definition) is 7. The highest BCUT2D eigenvalue weighted by Gasteiger charge is 2.25. The van der Waals surface area contributed by atoms with E-state index in [1.54, 1.807) is 6.07 Å². The highest BCUT2D eigenvalue weighted by atomic mass is 19.1. The van der Waals surface area contributed by atoms with Gasteiger partial charge in [0.05, 0.1) is 24.2 Å². The summed E-state index contributed by atoms with van der Waals surface area (Å²) < 4.78 is 54.6. The van der Waals surface area contributed by atoms with Crippen LogP contribution in [0.5, 0.6) is 0 Å². The molecule has 5 rings (SSSR count).